The number of hydrogen-bond donors (Lipinski definition) is 1. The second-order valence-corrected chi connectivity index (χ2v) is 4.94. The molecule has 5 nitrogen and oxygen atoms in total. The molecule has 0 aromatic carbocycles. The van der Waals surface area contributed by atoms with Crippen LogP contribution in [-0.4, -0.2) is 33.8 Å². The summed E-state index contributed by atoms with van der Waals surface area (Å²) in [7, 11) is 0. The van der Waals surface area contributed by atoms with Crippen LogP contribution < -0.4 is 0 Å². The highest BCUT2D eigenvalue weighted by Crippen LogP contribution is 2.46. The van der Waals surface area contributed by atoms with Crippen molar-refractivity contribution in [1.29, 1.82) is 0 Å². The van der Waals surface area contributed by atoms with E-state index in [4.69, 9.17) is 4.74 Å². The van der Waals surface area contributed by atoms with E-state index in [1.807, 2.05) is 0 Å². The monoisotopic (exact) mass is 240 g/mol. The first kappa shape index (κ1) is 12.2. The molecule has 0 aromatic heterocycles. The van der Waals surface area contributed by atoms with Crippen LogP contribution in [0.4, 0.5) is 0 Å². The molecule has 94 valence electrons. The first-order valence-electron chi connectivity index (χ1n) is 5.87. The largest absolute Gasteiger partial charge is 0.448 e. The van der Waals surface area contributed by atoms with Crippen LogP contribution in [0, 0.1) is 0 Å². The minimum absolute atomic E-state index is 0.0787. The molecule has 0 aromatic rings. The van der Waals surface area contributed by atoms with Crippen LogP contribution in [0.2, 0.25) is 0 Å². The minimum Gasteiger partial charge on any atom is -0.448 e. The topological polar surface area (TPSA) is 80.7 Å². The summed E-state index contributed by atoms with van der Waals surface area (Å²) in [6.07, 6.45) is 1.36. The van der Waals surface area contributed by atoms with Crippen molar-refractivity contribution in [2.24, 2.45) is 0 Å². The molecule has 2 rings (SSSR count). The van der Waals surface area contributed by atoms with Gasteiger partial charge in [0.2, 0.25) is 0 Å². The predicted octanol–water partition coefficient (Wildman–Crippen LogP) is 0.525. The van der Waals surface area contributed by atoms with E-state index in [9.17, 15) is 19.5 Å². The molecule has 0 amide bonds. The molecule has 1 N–H and O–H groups in total. The van der Waals surface area contributed by atoms with Crippen molar-refractivity contribution in [3.05, 3.63) is 0 Å². The zero-order valence-corrected chi connectivity index (χ0v) is 9.82. The summed E-state index contributed by atoms with van der Waals surface area (Å²) < 4.78 is 5.16. The number of carbonyl (C=O) groups excluding carboxylic acids is 3. The molecule has 0 radical (unpaired) electrons. The fourth-order valence-electron chi connectivity index (χ4n) is 2.99. The highest BCUT2D eigenvalue weighted by atomic mass is 16.6. The van der Waals surface area contributed by atoms with Gasteiger partial charge in [0.1, 0.15) is 11.4 Å². The number of esters is 1. The van der Waals surface area contributed by atoms with E-state index in [1.165, 1.54) is 6.92 Å². The third-order valence-electron chi connectivity index (χ3n) is 3.76. The molecule has 2 aliphatic carbocycles. The molecule has 0 heterocycles. The summed E-state index contributed by atoms with van der Waals surface area (Å²) in [5.74, 6) is -0.924. The molecular weight excluding hydrogens is 224 g/mol. The average Bonchev–Trinajstić information content (AvgIpc) is 2.20. The number of hydrogen-bond acceptors (Lipinski definition) is 5. The first-order chi connectivity index (χ1) is 7.90. The molecule has 0 spiro atoms. The third kappa shape index (κ3) is 1.78. The van der Waals surface area contributed by atoms with Gasteiger partial charge in [-0.1, -0.05) is 0 Å². The number of ketones is 2. The van der Waals surface area contributed by atoms with E-state index >= 15 is 0 Å². The summed E-state index contributed by atoms with van der Waals surface area (Å²) in [5.41, 5.74) is -2.98. The Hall–Kier alpha value is -1.23. The second-order valence-electron chi connectivity index (χ2n) is 4.94. The number of rotatable bonds is 1. The van der Waals surface area contributed by atoms with Gasteiger partial charge < -0.3 is 9.84 Å². The number of carbonyl (C=O) groups is 3. The standard InChI is InChI=1S/C12H16O5/c1-8(13)17-12-6-4-9(14)7-11(12,16)5-2-3-10(12)15/h16H,2-7H2,1H3. The Morgan fingerprint density at radius 2 is 2.00 bits per heavy atom. The molecule has 17 heavy (non-hydrogen) atoms. The van der Waals surface area contributed by atoms with Crippen LogP contribution in [0.1, 0.15) is 45.4 Å². The molecule has 0 saturated heterocycles. The number of ether oxygens (including phenoxy) is 1. The number of aliphatic hydroxyl groups is 1. The SMILES string of the molecule is CC(=O)OC12CCC(=O)CC1(O)CCCC2=O. The molecule has 0 bridgehead atoms. The van der Waals surface area contributed by atoms with Gasteiger partial charge in [0, 0.05) is 32.6 Å². The highest BCUT2D eigenvalue weighted by molar-refractivity contribution is 5.95. The van der Waals surface area contributed by atoms with Crippen LogP contribution in [0.25, 0.3) is 0 Å². The fourth-order valence-corrected chi connectivity index (χ4v) is 2.99. The van der Waals surface area contributed by atoms with E-state index in [1.54, 1.807) is 0 Å². The minimum atomic E-state index is -1.50. The molecule has 2 atom stereocenters. The molecule has 2 saturated carbocycles. The van der Waals surface area contributed by atoms with Gasteiger partial charge in [0.05, 0.1) is 0 Å². The number of fused-ring (bicyclic) bond motifs is 1. The quantitative estimate of drug-likeness (QED) is 0.676. The molecule has 2 aliphatic rings. The van der Waals surface area contributed by atoms with Crippen molar-refractivity contribution in [1.82, 2.24) is 0 Å². The van der Waals surface area contributed by atoms with Crippen LogP contribution in [0.3, 0.4) is 0 Å². The normalized spacial score (nSPS) is 37.5. The van der Waals surface area contributed by atoms with Crippen LogP contribution in [0.15, 0.2) is 0 Å². The average molecular weight is 240 g/mol. The predicted molar refractivity (Wildman–Crippen MR) is 57.2 cm³/mol. The van der Waals surface area contributed by atoms with Gasteiger partial charge >= 0.3 is 5.97 Å². The molecule has 2 unspecified atom stereocenters. The maximum Gasteiger partial charge on any atom is 0.303 e. The van der Waals surface area contributed by atoms with Crippen LogP contribution in [-0.2, 0) is 19.1 Å². The summed E-state index contributed by atoms with van der Waals surface area (Å²) in [4.78, 5) is 34.7. The molecule has 2 fully saturated rings. The summed E-state index contributed by atoms with van der Waals surface area (Å²) >= 11 is 0. The van der Waals surface area contributed by atoms with Crippen molar-refractivity contribution in [3.8, 4) is 0 Å². The van der Waals surface area contributed by atoms with Gasteiger partial charge in [-0.25, -0.2) is 0 Å². The van der Waals surface area contributed by atoms with Crippen molar-refractivity contribution in [3.63, 3.8) is 0 Å². The van der Waals surface area contributed by atoms with E-state index in [0.717, 1.165) is 0 Å². The van der Waals surface area contributed by atoms with Gasteiger partial charge in [-0.15, -0.1) is 0 Å². The van der Waals surface area contributed by atoms with E-state index in [2.05, 4.69) is 0 Å². The van der Waals surface area contributed by atoms with Gasteiger partial charge in [-0.2, -0.15) is 0 Å². The lowest BCUT2D eigenvalue weighted by molar-refractivity contribution is -0.215. The van der Waals surface area contributed by atoms with Gasteiger partial charge in [0.25, 0.3) is 0 Å². The van der Waals surface area contributed by atoms with Crippen molar-refractivity contribution < 1.29 is 24.2 Å². The zero-order chi connectivity index (χ0) is 12.7. The lowest BCUT2D eigenvalue weighted by Crippen LogP contribution is -2.66. The van der Waals surface area contributed by atoms with Gasteiger partial charge in [-0.05, 0) is 12.8 Å². The Bertz CT molecular complexity index is 388. The maximum absolute atomic E-state index is 12.0. The van der Waals surface area contributed by atoms with Gasteiger partial charge in [-0.3, -0.25) is 14.4 Å². The second kappa shape index (κ2) is 3.91. The summed E-state index contributed by atoms with van der Waals surface area (Å²) in [5, 5.41) is 10.5. The summed E-state index contributed by atoms with van der Waals surface area (Å²) in [6, 6.07) is 0. The van der Waals surface area contributed by atoms with Crippen molar-refractivity contribution >= 4 is 17.5 Å². The molecular formula is C12H16O5. The number of Topliss-reactive ketones (excluding diaryl/α,β-unsaturated/α-hetero) is 2. The van der Waals surface area contributed by atoms with Crippen LogP contribution >= 0.6 is 0 Å². The molecule has 0 aliphatic heterocycles. The Balaban J connectivity index is 2.41. The van der Waals surface area contributed by atoms with Crippen LogP contribution in [0.5, 0.6) is 0 Å². The Labute approximate surface area is 99.1 Å². The van der Waals surface area contributed by atoms with E-state index < -0.39 is 17.2 Å². The molecule has 5 heteroatoms. The first-order valence-corrected chi connectivity index (χ1v) is 5.87. The van der Waals surface area contributed by atoms with E-state index in [-0.39, 0.29) is 30.8 Å². The Kier molecular flexibility index (Phi) is 2.81. The van der Waals surface area contributed by atoms with E-state index in [0.29, 0.717) is 19.3 Å². The Morgan fingerprint density at radius 3 is 2.65 bits per heavy atom. The van der Waals surface area contributed by atoms with Crippen molar-refractivity contribution in [2.75, 3.05) is 0 Å². The smallest absolute Gasteiger partial charge is 0.303 e. The third-order valence-corrected chi connectivity index (χ3v) is 3.76. The van der Waals surface area contributed by atoms with Gasteiger partial charge in [0.15, 0.2) is 11.4 Å². The highest BCUT2D eigenvalue weighted by Gasteiger charge is 2.62. The Morgan fingerprint density at radius 1 is 1.29 bits per heavy atom. The van der Waals surface area contributed by atoms with Crippen molar-refractivity contribution in [2.45, 2.75) is 56.7 Å². The zero-order valence-electron chi connectivity index (χ0n) is 9.82. The summed E-state index contributed by atoms with van der Waals surface area (Å²) in [6.45, 7) is 1.22. The maximum atomic E-state index is 12.0. The lowest BCUT2D eigenvalue weighted by Gasteiger charge is -2.50. The fraction of sp³-hybridized carbons (Fsp3) is 0.750. The lowest BCUT2D eigenvalue weighted by atomic mass is 9.63.